The molecule has 56 valence electrons. The fourth-order valence-electron chi connectivity index (χ4n) is 0.617. The Morgan fingerprint density at radius 2 is 2.50 bits per heavy atom. The third-order valence-electron chi connectivity index (χ3n) is 1.23. The standard InChI is InChI=1S/C6H8O3S/c1-5(10(7)8)6-3-2-4-9-6/h2-5H,1H3,(H,7,8)/p-1. The Hall–Kier alpha value is -0.610. The Balaban J connectivity index is 2.77. The molecule has 0 saturated carbocycles. The lowest BCUT2D eigenvalue weighted by Crippen LogP contribution is -1.98. The summed E-state index contributed by atoms with van der Waals surface area (Å²) in [5, 5.41) is -0.546. The second kappa shape index (κ2) is 2.98. The summed E-state index contributed by atoms with van der Waals surface area (Å²) in [6.07, 6.45) is 1.46. The summed E-state index contributed by atoms with van der Waals surface area (Å²) in [4.78, 5) is 0. The smallest absolute Gasteiger partial charge is 0.117 e. The number of furan rings is 1. The Labute approximate surface area is 61.3 Å². The Kier molecular flexibility index (Phi) is 2.24. The van der Waals surface area contributed by atoms with Crippen LogP contribution in [0.1, 0.15) is 17.9 Å². The van der Waals surface area contributed by atoms with Crippen LogP contribution in [0.15, 0.2) is 22.8 Å². The van der Waals surface area contributed by atoms with E-state index in [2.05, 4.69) is 0 Å². The highest BCUT2D eigenvalue weighted by Crippen LogP contribution is 2.17. The predicted octanol–water partition coefficient (Wildman–Crippen LogP) is 1.22. The molecule has 0 radical (unpaired) electrons. The third-order valence-corrected chi connectivity index (χ3v) is 2.04. The van der Waals surface area contributed by atoms with Crippen LogP contribution in [0.5, 0.6) is 0 Å². The zero-order valence-electron chi connectivity index (χ0n) is 5.44. The second-order valence-corrected chi connectivity index (χ2v) is 3.15. The van der Waals surface area contributed by atoms with Crippen molar-refractivity contribution in [3.05, 3.63) is 24.2 Å². The van der Waals surface area contributed by atoms with E-state index < -0.39 is 16.3 Å². The normalized spacial score (nSPS) is 16.6. The van der Waals surface area contributed by atoms with Crippen LogP contribution in [0.25, 0.3) is 0 Å². The molecule has 1 heterocycles. The molecular weight excluding hydrogens is 152 g/mol. The van der Waals surface area contributed by atoms with Crippen LogP contribution >= 0.6 is 0 Å². The first kappa shape index (κ1) is 7.50. The maximum Gasteiger partial charge on any atom is 0.117 e. The van der Waals surface area contributed by atoms with Crippen LogP contribution in [0.4, 0.5) is 0 Å². The van der Waals surface area contributed by atoms with Gasteiger partial charge in [0, 0.05) is 0 Å². The first-order chi connectivity index (χ1) is 4.72. The van der Waals surface area contributed by atoms with Crippen LogP contribution in [-0.4, -0.2) is 8.76 Å². The lowest BCUT2D eigenvalue weighted by atomic mass is 10.4. The van der Waals surface area contributed by atoms with Crippen molar-refractivity contribution in [2.24, 2.45) is 0 Å². The lowest BCUT2D eigenvalue weighted by molar-refractivity contribution is 0.482. The van der Waals surface area contributed by atoms with Gasteiger partial charge in [-0.2, -0.15) is 0 Å². The SMILES string of the molecule is CC(c1ccco1)S(=O)[O-]. The van der Waals surface area contributed by atoms with Crippen molar-refractivity contribution in [2.75, 3.05) is 0 Å². The molecule has 0 aliphatic rings. The first-order valence-corrected chi connectivity index (χ1v) is 3.97. The molecule has 3 nitrogen and oxygen atoms in total. The molecular formula is C6H7O3S-. The van der Waals surface area contributed by atoms with E-state index in [1.165, 1.54) is 6.26 Å². The van der Waals surface area contributed by atoms with Crippen molar-refractivity contribution in [3.8, 4) is 0 Å². The number of hydrogen-bond donors (Lipinski definition) is 0. The average molecular weight is 159 g/mol. The van der Waals surface area contributed by atoms with Crippen LogP contribution in [0.2, 0.25) is 0 Å². The molecule has 2 unspecified atom stereocenters. The van der Waals surface area contributed by atoms with E-state index in [1.54, 1.807) is 19.1 Å². The molecule has 0 spiro atoms. The quantitative estimate of drug-likeness (QED) is 0.609. The Bertz CT molecular complexity index is 217. The topological polar surface area (TPSA) is 53.3 Å². The van der Waals surface area contributed by atoms with Gasteiger partial charge in [0.2, 0.25) is 0 Å². The molecule has 4 heteroatoms. The van der Waals surface area contributed by atoms with Gasteiger partial charge in [-0.1, -0.05) is 0 Å². The average Bonchev–Trinajstić information content (AvgIpc) is 2.36. The van der Waals surface area contributed by atoms with Crippen molar-refractivity contribution in [2.45, 2.75) is 12.2 Å². The second-order valence-electron chi connectivity index (χ2n) is 1.92. The largest absolute Gasteiger partial charge is 0.772 e. The predicted molar refractivity (Wildman–Crippen MR) is 36.0 cm³/mol. The molecule has 2 atom stereocenters. The number of hydrogen-bond acceptors (Lipinski definition) is 3. The summed E-state index contributed by atoms with van der Waals surface area (Å²) in [6, 6.07) is 3.30. The van der Waals surface area contributed by atoms with Crippen molar-refractivity contribution in [3.63, 3.8) is 0 Å². The summed E-state index contributed by atoms with van der Waals surface area (Å²) >= 11 is -2.08. The highest BCUT2D eigenvalue weighted by Gasteiger charge is 2.06. The van der Waals surface area contributed by atoms with Gasteiger partial charge < -0.3 is 8.97 Å². The van der Waals surface area contributed by atoms with Crippen LogP contribution < -0.4 is 0 Å². The molecule has 0 bridgehead atoms. The molecule has 0 aromatic carbocycles. The van der Waals surface area contributed by atoms with Gasteiger partial charge in [0.05, 0.1) is 11.5 Å². The van der Waals surface area contributed by atoms with Gasteiger partial charge in [-0.25, -0.2) is 0 Å². The molecule has 1 aromatic heterocycles. The van der Waals surface area contributed by atoms with E-state index in [0.717, 1.165) is 0 Å². The van der Waals surface area contributed by atoms with Crippen molar-refractivity contribution < 1.29 is 13.2 Å². The molecule has 0 amide bonds. The van der Waals surface area contributed by atoms with Crippen LogP contribution in [-0.2, 0) is 11.1 Å². The van der Waals surface area contributed by atoms with Crippen LogP contribution in [0.3, 0.4) is 0 Å². The molecule has 0 aliphatic heterocycles. The van der Waals surface area contributed by atoms with E-state index in [9.17, 15) is 8.76 Å². The highest BCUT2D eigenvalue weighted by molar-refractivity contribution is 7.79. The van der Waals surface area contributed by atoms with Gasteiger partial charge in [0.1, 0.15) is 5.76 Å². The van der Waals surface area contributed by atoms with Gasteiger partial charge in [-0.3, -0.25) is 4.21 Å². The van der Waals surface area contributed by atoms with Crippen molar-refractivity contribution in [1.82, 2.24) is 0 Å². The number of rotatable bonds is 2. The summed E-state index contributed by atoms with van der Waals surface area (Å²) in [5.41, 5.74) is 0. The van der Waals surface area contributed by atoms with Gasteiger partial charge in [-0.05, 0) is 30.1 Å². The fraction of sp³-hybridized carbons (Fsp3) is 0.333. The fourth-order valence-corrected chi connectivity index (χ4v) is 0.941. The van der Waals surface area contributed by atoms with Crippen LogP contribution in [0, 0.1) is 0 Å². The monoisotopic (exact) mass is 159 g/mol. The Morgan fingerprint density at radius 3 is 2.90 bits per heavy atom. The third kappa shape index (κ3) is 1.46. The van der Waals surface area contributed by atoms with Crippen molar-refractivity contribution >= 4 is 11.1 Å². The van der Waals surface area contributed by atoms with E-state index in [0.29, 0.717) is 5.76 Å². The van der Waals surface area contributed by atoms with E-state index in [-0.39, 0.29) is 0 Å². The van der Waals surface area contributed by atoms with Crippen molar-refractivity contribution in [1.29, 1.82) is 0 Å². The summed E-state index contributed by atoms with van der Waals surface area (Å²) < 4.78 is 25.5. The summed E-state index contributed by atoms with van der Waals surface area (Å²) in [6.45, 7) is 1.57. The van der Waals surface area contributed by atoms with Gasteiger partial charge in [-0.15, -0.1) is 0 Å². The molecule has 0 N–H and O–H groups in total. The lowest BCUT2D eigenvalue weighted by Gasteiger charge is -2.10. The zero-order valence-corrected chi connectivity index (χ0v) is 6.26. The zero-order chi connectivity index (χ0) is 7.56. The van der Waals surface area contributed by atoms with Gasteiger partial charge in [0.25, 0.3) is 0 Å². The van der Waals surface area contributed by atoms with E-state index >= 15 is 0 Å². The minimum Gasteiger partial charge on any atom is -0.772 e. The Morgan fingerprint density at radius 1 is 1.80 bits per heavy atom. The van der Waals surface area contributed by atoms with E-state index in [1.807, 2.05) is 0 Å². The highest BCUT2D eigenvalue weighted by atomic mass is 32.2. The maximum absolute atomic E-state index is 10.3. The summed E-state index contributed by atoms with van der Waals surface area (Å²) in [7, 11) is 0. The molecule has 10 heavy (non-hydrogen) atoms. The van der Waals surface area contributed by atoms with Gasteiger partial charge in [0.15, 0.2) is 0 Å². The molecule has 0 aliphatic carbocycles. The molecule has 1 rings (SSSR count). The minimum absolute atomic E-state index is 0.480. The minimum atomic E-state index is -2.08. The first-order valence-electron chi connectivity index (χ1n) is 2.83. The molecule has 0 saturated heterocycles. The molecule has 0 fully saturated rings. The molecule has 1 aromatic rings. The van der Waals surface area contributed by atoms with E-state index in [4.69, 9.17) is 4.42 Å². The summed E-state index contributed by atoms with van der Waals surface area (Å²) in [5.74, 6) is 0.480. The maximum atomic E-state index is 10.3. The van der Waals surface area contributed by atoms with Gasteiger partial charge >= 0.3 is 0 Å².